The summed E-state index contributed by atoms with van der Waals surface area (Å²) in [6, 6.07) is 2.61. The Labute approximate surface area is 108 Å². The van der Waals surface area contributed by atoms with Gasteiger partial charge in [-0.25, -0.2) is 4.39 Å². The minimum absolute atomic E-state index is 0.245. The van der Waals surface area contributed by atoms with Crippen molar-refractivity contribution in [1.29, 1.82) is 0 Å². The smallest absolute Gasteiger partial charge is 0.313 e. The molecule has 0 heterocycles. The minimum atomic E-state index is -4.50. The fourth-order valence-electron chi connectivity index (χ4n) is 1.49. The Hall–Kier alpha value is -0.750. The third kappa shape index (κ3) is 5.27. The Morgan fingerprint density at radius 2 is 1.94 bits per heavy atom. The van der Waals surface area contributed by atoms with Crippen molar-refractivity contribution < 1.29 is 17.6 Å². The van der Waals surface area contributed by atoms with Crippen molar-refractivity contribution in [2.45, 2.75) is 19.1 Å². The van der Waals surface area contributed by atoms with Gasteiger partial charge in [0.15, 0.2) is 0 Å². The molecule has 0 aliphatic carbocycles. The van der Waals surface area contributed by atoms with Gasteiger partial charge in [-0.15, -0.1) is 0 Å². The normalized spacial score (nSPS) is 11.8. The van der Waals surface area contributed by atoms with E-state index in [4.69, 9.17) is 0 Å². The third-order valence-electron chi connectivity index (χ3n) is 2.32. The summed E-state index contributed by atoms with van der Waals surface area (Å²) in [6.45, 7) is 0.952. The third-order valence-corrected chi connectivity index (χ3v) is 3.01. The van der Waals surface area contributed by atoms with Crippen LogP contribution >= 0.6 is 11.8 Å². The van der Waals surface area contributed by atoms with Gasteiger partial charge in [-0.1, -0.05) is 0 Å². The van der Waals surface area contributed by atoms with E-state index in [1.54, 1.807) is 11.8 Å². The molecule has 0 saturated heterocycles. The van der Waals surface area contributed by atoms with E-state index in [9.17, 15) is 17.6 Å². The van der Waals surface area contributed by atoms with Crippen molar-refractivity contribution in [3.8, 4) is 0 Å². The lowest BCUT2D eigenvalue weighted by molar-refractivity contribution is -0.137. The van der Waals surface area contributed by atoms with Crippen LogP contribution in [0.25, 0.3) is 0 Å². The zero-order valence-corrected chi connectivity index (χ0v) is 10.8. The second kappa shape index (κ2) is 6.99. The highest BCUT2D eigenvalue weighted by Crippen LogP contribution is 2.30. The summed E-state index contributed by atoms with van der Waals surface area (Å²) < 4.78 is 50.4. The molecule has 1 aromatic rings. The molecule has 0 radical (unpaired) electrons. The van der Waals surface area contributed by atoms with Gasteiger partial charge >= 0.3 is 6.18 Å². The van der Waals surface area contributed by atoms with Gasteiger partial charge < -0.3 is 5.32 Å². The molecular formula is C12H15F4NS. The molecule has 1 aromatic carbocycles. The standard InChI is InChI=1S/C12H15F4NS/c1-18-4-2-3-17-8-9-5-10(12(14,15)16)7-11(13)6-9/h5-7,17H,2-4,8H2,1H3. The predicted octanol–water partition coefficient (Wildman–Crippen LogP) is 3.69. The van der Waals surface area contributed by atoms with Crippen molar-refractivity contribution >= 4 is 11.8 Å². The van der Waals surface area contributed by atoms with Gasteiger partial charge in [0.2, 0.25) is 0 Å². The van der Waals surface area contributed by atoms with Gasteiger partial charge in [0.25, 0.3) is 0 Å². The van der Waals surface area contributed by atoms with Crippen molar-refractivity contribution in [1.82, 2.24) is 5.32 Å². The summed E-state index contributed by atoms with van der Waals surface area (Å²) in [4.78, 5) is 0. The fourth-order valence-corrected chi connectivity index (χ4v) is 1.92. The summed E-state index contributed by atoms with van der Waals surface area (Å²) in [5.41, 5.74) is -0.630. The number of nitrogens with one attached hydrogen (secondary N) is 1. The summed E-state index contributed by atoms with van der Waals surface area (Å²) in [7, 11) is 0. The lowest BCUT2D eigenvalue weighted by Crippen LogP contribution is -2.16. The van der Waals surface area contributed by atoms with Crippen LogP contribution < -0.4 is 5.32 Å². The average Bonchev–Trinajstić information content (AvgIpc) is 2.27. The van der Waals surface area contributed by atoms with E-state index < -0.39 is 17.6 Å². The van der Waals surface area contributed by atoms with Crippen LogP contribution in [0.1, 0.15) is 17.5 Å². The molecule has 0 amide bonds. The maximum Gasteiger partial charge on any atom is 0.416 e. The zero-order valence-electron chi connectivity index (χ0n) is 9.98. The van der Waals surface area contributed by atoms with Gasteiger partial charge in [-0.05, 0) is 48.7 Å². The molecule has 1 rings (SSSR count). The summed E-state index contributed by atoms with van der Waals surface area (Å²) >= 11 is 1.71. The molecule has 18 heavy (non-hydrogen) atoms. The summed E-state index contributed by atoms with van der Waals surface area (Å²) in [5.74, 6) is 0.134. The highest BCUT2D eigenvalue weighted by molar-refractivity contribution is 7.98. The van der Waals surface area contributed by atoms with Crippen LogP contribution in [0.3, 0.4) is 0 Å². The predicted molar refractivity (Wildman–Crippen MR) is 66.1 cm³/mol. The Balaban J connectivity index is 2.58. The van der Waals surface area contributed by atoms with E-state index in [-0.39, 0.29) is 6.54 Å². The first-order chi connectivity index (χ1) is 8.43. The van der Waals surface area contributed by atoms with Crippen molar-refractivity contribution in [2.75, 3.05) is 18.6 Å². The van der Waals surface area contributed by atoms with Gasteiger partial charge in [-0.2, -0.15) is 24.9 Å². The second-order valence-corrected chi connectivity index (χ2v) is 4.85. The SMILES string of the molecule is CSCCCNCc1cc(F)cc(C(F)(F)F)c1. The maximum absolute atomic E-state index is 13.1. The van der Waals surface area contributed by atoms with E-state index in [0.29, 0.717) is 18.2 Å². The summed E-state index contributed by atoms with van der Waals surface area (Å²) in [6.07, 6.45) is -1.58. The van der Waals surface area contributed by atoms with Crippen molar-refractivity contribution in [2.24, 2.45) is 0 Å². The van der Waals surface area contributed by atoms with Crippen LogP contribution in [-0.4, -0.2) is 18.6 Å². The van der Waals surface area contributed by atoms with Crippen LogP contribution in [0.4, 0.5) is 17.6 Å². The zero-order chi connectivity index (χ0) is 13.6. The number of halogens is 4. The molecule has 0 aliphatic heterocycles. The monoisotopic (exact) mass is 281 g/mol. The van der Waals surface area contributed by atoms with Crippen LogP contribution in [0.5, 0.6) is 0 Å². The quantitative estimate of drug-likeness (QED) is 0.630. The molecule has 1 nitrogen and oxygen atoms in total. The van der Waals surface area contributed by atoms with Crippen molar-refractivity contribution in [3.05, 3.63) is 35.1 Å². The molecule has 0 aliphatic rings. The molecule has 0 fully saturated rings. The molecule has 0 bridgehead atoms. The first-order valence-electron chi connectivity index (χ1n) is 5.50. The fraction of sp³-hybridized carbons (Fsp3) is 0.500. The topological polar surface area (TPSA) is 12.0 Å². The van der Waals surface area contributed by atoms with Gasteiger partial charge in [0.05, 0.1) is 5.56 Å². The average molecular weight is 281 g/mol. The number of hydrogen-bond donors (Lipinski definition) is 1. The number of rotatable bonds is 6. The summed E-state index contributed by atoms with van der Waals surface area (Å²) in [5, 5.41) is 3.00. The van der Waals surface area contributed by atoms with Crippen LogP contribution in [0, 0.1) is 5.82 Å². The molecule has 0 aromatic heterocycles. The molecule has 6 heteroatoms. The van der Waals surface area contributed by atoms with E-state index in [2.05, 4.69) is 5.32 Å². The number of alkyl halides is 3. The molecule has 102 valence electrons. The highest BCUT2D eigenvalue weighted by atomic mass is 32.2. The molecular weight excluding hydrogens is 266 g/mol. The molecule has 0 atom stereocenters. The first kappa shape index (κ1) is 15.3. The second-order valence-electron chi connectivity index (χ2n) is 3.87. The van der Waals surface area contributed by atoms with Gasteiger partial charge in [-0.3, -0.25) is 0 Å². The van der Waals surface area contributed by atoms with Crippen molar-refractivity contribution in [3.63, 3.8) is 0 Å². The van der Waals surface area contributed by atoms with E-state index in [1.165, 1.54) is 0 Å². The largest absolute Gasteiger partial charge is 0.416 e. The number of thioether (sulfide) groups is 1. The van der Waals surface area contributed by atoms with Gasteiger partial charge in [0, 0.05) is 6.54 Å². The molecule has 1 N–H and O–H groups in total. The molecule has 0 unspecified atom stereocenters. The van der Waals surface area contributed by atoms with E-state index >= 15 is 0 Å². The van der Waals surface area contributed by atoms with Gasteiger partial charge in [0.1, 0.15) is 5.82 Å². The van der Waals surface area contributed by atoms with E-state index in [0.717, 1.165) is 24.3 Å². The lowest BCUT2D eigenvalue weighted by atomic mass is 10.1. The maximum atomic E-state index is 13.1. The lowest BCUT2D eigenvalue weighted by Gasteiger charge is -2.10. The molecule has 0 spiro atoms. The Morgan fingerprint density at radius 3 is 2.56 bits per heavy atom. The number of hydrogen-bond acceptors (Lipinski definition) is 2. The Bertz CT molecular complexity index is 379. The minimum Gasteiger partial charge on any atom is -0.313 e. The van der Waals surface area contributed by atoms with Crippen LogP contribution in [0.15, 0.2) is 18.2 Å². The number of benzene rings is 1. The highest BCUT2D eigenvalue weighted by Gasteiger charge is 2.31. The Kier molecular flexibility index (Phi) is 5.95. The van der Waals surface area contributed by atoms with Crippen LogP contribution in [-0.2, 0) is 12.7 Å². The van der Waals surface area contributed by atoms with E-state index in [1.807, 2.05) is 6.26 Å². The van der Waals surface area contributed by atoms with Crippen LogP contribution in [0.2, 0.25) is 0 Å². The first-order valence-corrected chi connectivity index (χ1v) is 6.89. The molecule has 0 saturated carbocycles. The Morgan fingerprint density at radius 1 is 1.22 bits per heavy atom.